The second-order valence-electron chi connectivity index (χ2n) is 7.20. The van der Waals surface area contributed by atoms with Crippen LogP contribution in [0.5, 0.6) is 11.5 Å². The average molecular weight is 501 g/mol. The number of hydrogen-bond acceptors (Lipinski definition) is 6. The van der Waals surface area contributed by atoms with Gasteiger partial charge in [-0.15, -0.1) is 23.4 Å². The highest BCUT2D eigenvalue weighted by atomic mass is 32.2. The molecule has 1 heterocycles. The Balaban J connectivity index is 1.63. The number of alkyl halides is 3. The van der Waals surface area contributed by atoms with Crippen LogP contribution in [0.3, 0.4) is 0 Å². The Morgan fingerprint density at radius 2 is 1.57 bits per heavy atom. The van der Waals surface area contributed by atoms with Crippen LogP contribution in [-0.2, 0) is 5.75 Å². The summed E-state index contributed by atoms with van der Waals surface area (Å²) in [6.07, 6.45) is -4.75. The van der Waals surface area contributed by atoms with Gasteiger partial charge in [0.2, 0.25) is 0 Å². The lowest BCUT2D eigenvalue weighted by Crippen LogP contribution is -2.16. The van der Waals surface area contributed by atoms with Crippen LogP contribution in [0.2, 0.25) is 0 Å². The predicted molar refractivity (Wildman–Crippen MR) is 123 cm³/mol. The van der Waals surface area contributed by atoms with E-state index in [1.54, 1.807) is 48.1 Å². The molecule has 4 aromatic rings. The number of nitrogens with zero attached hydrogens (tertiary/aromatic N) is 3. The van der Waals surface area contributed by atoms with Crippen molar-refractivity contribution in [1.29, 1.82) is 0 Å². The highest BCUT2D eigenvalue weighted by molar-refractivity contribution is 7.98. The summed E-state index contributed by atoms with van der Waals surface area (Å²) in [6, 6.07) is 19.1. The van der Waals surface area contributed by atoms with Crippen LogP contribution in [-0.4, -0.2) is 39.3 Å². The molecule has 1 aromatic heterocycles. The Bertz CT molecular complexity index is 1310. The van der Waals surface area contributed by atoms with Gasteiger partial charge < -0.3 is 14.6 Å². The van der Waals surface area contributed by atoms with E-state index in [9.17, 15) is 23.1 Å². The number of methoxy groups -OCH3 is 1. The van der Waals surface area contributed by atoms with E-state index >= 15 is 0 Å². The number of carboxylic acid groups (broad SMARTS) is 1. The van der Waals surface area contributed by atoms with Gasteiger partial charge in [-0.05, 0) is 66.2 Å². The minimum atomic E-state index is -4.75. The summed E-state index contributed by atoms with van der Waals surface area (Å²) >= 11 is 1.33. The molecule has 0 atom stereocenters. The van der Waals surface area contributed by atoms with Crippen molar-refractivity contribution in [3.63, 3.8) is 0 Å². The minimum absolute atomic E-state index is 0.142. The molecule has 0 unspecified atom stereocenters. The van der Waals surface area contributed by atoms with Gasteiger partial charge in [0.05, 0.1) is 12.7 Å². The maximum atomic E-state index is 12.4. The maximum absolute atomic E-state index is 12.4. The lowest BCUT2D eigenvalue weighted by Gasteiger charge is -2.12. The number of halogens is 3. The van der Waals surface area contributed by atoms with Gasteiger partial charge in [-0.3, -0.25) is 4.57 Å². The summed E-state index contributed by atoms with van der Waals surface area (Å²) in [7, 11) is 1.57. The van der Waals surface area contributed by atoms with Crippen LogP contribution >= 0.6 is 11.8 Å². The molecule has 0 aliphatic heterocycles. The molecule has 1 N–H and O–H groups in total. The van der Waals surface area contributed by atoms with Crippen molar-refractivity contribution in [3.8, 4) is 28.6 Å². The predicted octanol–water partition coefficient (Wildman–Crippen LogP) is 5.83. The number of thioether (sulfide) groups is 1. The second-order valence-corrected chi connectivity index (χ2v) is 8.15. The van der Waals surface area contributed by atoms with E-state index < -0.39 is 12.3 Å². The van der Waals surface area contributed by atoms with E-state index in [1.165, 1.54) is 36.0 Å². The van der Waals surface area contributed by atoms with Crippen molar-refractivity contribution in [2.75, 3.05) is 7.11 Å². The molecular formula is C24H18F3N3O4S. The van der Waals surface area contributed by atoms with Crippen LogP contribution in [0.15, 0.2) is 78.0 Å². The first kappa shape index (κ1) is 24.1. The Morgan fingerprint density at radius 3 is 2.14 bits per heavy atom. The zero-order valence-corrected chi connectivity index (χ0v) is 19.0. The maximum Gasteiger partial charge on any atom is 0.573 e. The Morgan fingerprint density at radius 1 is 0.943 bits per heavy atom. The van der Waals surface area contributed by atoms with Gasteiger partial charge in [0, 0.05) is 17.0 Å². The largest absolute Gasteiger partial charge is 0.573 e. The van der Waals surface area contributed by atoms with E-state index in [4.69, 9.17) is 4.74 Å². The van der Waals surface area contributed by atoms with Crippen LogP contribution < -0.4 is 9.47 Å². The molecule has 0 saturated carbocycles. The first-order valence-corrected chi connectivity index (χ1v) is 11.1. The number of benzene rings is 3. The third-order valence-electron chi connectivity index (χ3n) is 4.88. The number of rotatable bonds is 8. The van der Waals surface area contributed by atoms with Crippen LogP contribution in [0.25, 0.3) is 17.1 Å². The average Bonchev–Trinajstić information content (AvgIpc) is 3.26. The lowest BCUT2D eigenvalue weighted by molar-refractivity contribution is -0.274. The monoisotopic (exact) mass is 501 g/mol. The van der Waals surface area contributed by atoms with Gasteiger partial charge in [-0.25, -0.2) is 4.79 Å². The highest BCUT2D eigenvalue weighted by Gasteiger charge is 2.31. The summed E-state index contributed by atoms with van der Waals surface area (Å²) in [5.41, 5.74) is 2.32. The zero-order chi connectivity index (χ0) is 25.0. The lowest BCUT2D eigenvalue weighted by atomic mass is 10.2. The fourth-order valence-electron chi connectivity index (χ4n) is 3.21. The van der Waals surface area contributed by atoms with E-state index in [-0.39, 0.29) is 11.3 Å². The Kier molecular flexibility index (Phi) is 6.97. The first-order valence-electron chi connectivity index (χ1n) is 10.1. The second kappa shape index (κ2) is 10.1. The summed E-state index contributed by atoms with van der Waals surface area (Å²) in [4.78, 5) is 11.3. The van der Waals surface area contributed by atoms with Crippen molar-refractivity contribution in [3.05, 3.63) is 83.9 Å². The molecule has 0 spiro atoms. The summed E-state index contributed by atoms with van der Waals surface area (Å²) < 4.78 is 48.1. The van der Waals surface area contributed by atoms with Crippen LogP contribution in [0.1, 0.15) is 15.9 Å². The van der Waals surface area contributed by atoms with E-state index in [1.807, 2.05) is 12.1 Å². The van der Waals surface area contributed by atoms with Gasteiger partial charge in [-0.1, -0.05) is 23.9 Å². The Labute approximate surface area is 202 Å². The molecule has 0 saturated heterocycles. The molecular weight excluding hydrogens is 483 g/mol. The van der Waals surface area contributed by atoms with Crippen LogP contribution in [0.4, 0.5) is 13.2 Å². The fourth-order valence-corrected chi connectivity index (χ4v) is 4.12. The number of aromatic nitrogens is 3. The van der Waals surface area contributed by atoms with Gasteiger partial charge >= 0.3 is 12.3 Å². The molecule has 0 aliphatic rings. The molecule has 0 amide bonds. The van der Waals surface area contributed by atoms with Crippen LogP contribution in [0, 0.1) is 0 Å². The third kappa shape index (κ3) is 5.93. The molecule has 0 aliphatic carbocycles. The van der Waals surface area contributed by atoms with Gasteiger partial charge in [0.1, 0.15) is 11.5 Å². The van der Waals surface area contributed by atoms with Crippen molar-refractivity contribution < 1.29 is 32.5 Å². The molecule has 11 heteroatoms. The normalized spacial score (nSPS) is 11.3. The van der Waals surface area contributed by atoms with Crippen molar-refractivity contribution in [1.82, 2.24) is 14.8 Å². The van der Waals surface area contributed by atoms with E-state index in [0.717, 1.165) is 11.1 Å². The number of hydrogen-bond donors (Lipinski definition) is 1. The number of aromatic carboxylic acids is 1. The molecule has 7 nitrogen and oxygen atoms in total. The molecule has 3 aromatic carbocycles. The molecule has 180 valence electrons. The fraction of sp³-hybridized carbons (Fsp3) is 0.125. The quantitative estimate of drug-likeness (QED) is 0.304. The highest BCUT2D eigenvalue weighted by Crippen LogP contribution is 2.31. The number of carboxylic acids is 1. The molecule has 4 rings (SSSR count). The molecule has 0 radical (unpaired) electrons. The van der Waals surface area contributed by atoms with Gasteiger partial charge in [-0.2, -0.15) is 0 Å². The first-order chi connectivity index (χ1) is 16.7. The van der Waals surface area contributed by atoms with E-state index in [2.05, 4.69) is 14.9 Å². The standard InChI is InChI=1S/C24H18F3N3O4S/c1-33-19-12-6-16(7-13-19)21-28-29-23(30(21)18-8-4-17(5-9-18)22(31)32)35-14-15-2-10-20(11-3-15)34-24(25,26)27/h2-13H,14H2,1H3,(H,31,32). The van der Waals surface area contributed by atoms with Crippen molar-refractivity contribution in [2.24, 2.45) is 0 Å². The smallest absolute Gasteiger partial charge is 0.497 e. The third-order valence-corrected chi connectivity index (χ3v) is 5.88. The zero-order valence-electron chi connectivity index (χ0n) is 18.2. The number of carbonyl (C=O) groups is 1. The number of ether oxygens (including phenoxy) is 2. The molecule has 35 heavy (non-hydrogen) atoms. The van der Waals surface area contributed by atoms with E-state index in [0.29, 0.717) is 28.2 Å². The summed E-state index contributed by atoms with van der Waals surface area (Å²) in [5.74, 6) is 0.281. The SMILES string of the molecule is COc1ccc(-c2nnc(SCc3ccc(OC(F)(F)F)cc3)n2-c2ccc(C(=O)O)cc2)cc1. The molecule has 0 bridgehead atoms. The topological polar surface area (TPSA) is 86.5 Å². The van der Waals surface area contributed by atoms with Gasteiger partial charge in [0.15, 0.2) is 11.0 Å². The molecule has 0 fully saturated rings. The Hall–Kier alpha value is -3.99. The minimum Gasteiger partial charge on any atom is -0.497 e. The van der Waals surface area contributed by atoms with Crippen molar-refractivity contribution >= 4 is 17.7 Å². The summed E-state index contributed by atoms with van der Waals surface area (Å²) in [5, 5.41) is 18.4. The van der Waals surface area contributed by atoms with Crippen molar-refractivity contribution in [2.45, 2.75) is 17.3 Å². The van der Waals surface area contributed by atoms with Gasteiger partial charge in [0.25, 0.3) is 0 Å². The summed E-state index contributed by atoms with van der Waals surface area (Å²) in [6.45, 7) is 0.